The number of rotatable bonds is 12. The van der Waals surface area contributed by atoms with Gasteiger partial charge in [-0.3, -0.25) is 19.7 Å². The minimum absolute atomic E-state index is 0.0399. The van der Waals surface area contributed by atoms with E-state index in [0.717, 1.165) is 5.56 Å². The predicted octanol–water partition coefficient (Wildman–Crippen LogP) is 3.02. The summed E-state index contributed by atoms with van der Waals surface area (Å²) in [5.41, 5.74) is 1.29. The molecule has 0 saturated heterocycles. The van der Waals surface area contributed by atoms with Crippen LogP contribution in [-0.2, 0) is 16.0 Å². The number of carbonyl (C=O) groups is 2. The number of nitrogens with zero attached hydrogens (tertiary/aromatic N) is 3. The Balaban J connectivity index is 1.58. The van der Waals surface area contributed by atoms with E-state index in [0.29, 0.717) is 54.2 Å². The number of amides is 2. The van der Waals surface area contributed by atoms with Crippen molar-refractivity contribution in [3.8, 4) is 11.4 Å². The van der Waals surface area contributed by atoms with Crippen LogP contribution in [0.5, 0.6) is 0 Å². The zero-order chi connectivity index (χ0) is 25.9. The average molecular weight is 512 g/mol. The van der Waals surface area contributed by atoms with E-state index in [1.807, 2.05) is 12.1 Å². The van der Waals surface area contributed by atoms with Gasteiger partial charge < -0.3 is 21.3 Å². The minimum atomic E-state index is -0.492. The van der Waals surface area contributed by atoms with Crippen LogP contribution < -0.4 is 21.3 Å². The quantitative estimate of drug-likeness (QED) is 0.164. The van der Waals surface area contributed by atoms with E-state index < -0.39 is 4.92 Å². The Kier molecular flexibility index (Phi) is 9.52. The molecule has 0 aliphatic carbocycles. The lowest BCUT2D eigenvalue weighted by Crippen LogP contribution is -2.30. The first kappa shape index (κ1) is 26.4. The Morgan fingerprint density at radius 1 is 0.917 bits per heavy atom. The third kappa shape index (κ3) is 8.51. The number of nitro groups is 1. The summed E-state index contributed by atoms with van der Waals surface area (Å²) in [4.78, 5) is 42.8. The average Bonchev–Trinajstić information content (AvgIpc) is 2.85. The highest BCUT2D eigenvalue weighted by Crippen LogP contribution is 2.22. The fourth-order valence-electron chi connectivity index (χ4n) is 3.21. The SMILES string of the molecule is CC(=O)NCCNc1cc(NCCNC(=O)Cc2cccc([N+](=O)[O-])c2)nc(-c2ccc(Cl)cc2)n1. The summed E-state index contributed by atoms with van der Waals surface area (Å²) in [5, 5.41) is 23.3. The molecule has 0 fully saturated rings. The van der Waals surface area contributed by atoms with Crippen molar-refractivity contribution in [2.75, 3.05) is 36.8 Å². The minimum Gasteiger partial charge on any atom is -0.368 e. The number of anilines is 2. The van der Waals surface area contributed by atoms with E-state index in [-0.39, 0.29) is 23.9 Å². The van der Waals surface area contributed by atoms with Gasteiger partial charge in [-0.25, -0.2) is 9.97 Å². The van der Waals surface area contributed by atoms with Gasteiger partial charge in [0.25, 0.3) is 5.69 Å². The Morgan fingerprint density at radius 3 is 2.17 bits per heavy atom. The number of nitrogens with one attached hydrogen (secondary N) is 4. The Bertz CT molecular complexity index is 1220. The number of halogens is 1. The van der Waals surface area contributed by atoms with E-state index in [1.165, 1.54) is 19.1 Å². The van der Waals surface area contributed by atoms with Crippen LogP contribution in [0.25, 0.3) is 11.4 Å². The van der Waals surface area contributed by atoms with Crippen LogP contribution in [0.2, 0.25) is 5.02 Å². The van der Waals surface area contributed by atoms with Gasteiger partial charge in [0.1, 0.15) is 11.6 Å². The number of non-ortho nitro benzene ring substituents is 1. The molecule has 4 N–H and O–H groups in total. The normalized spacial score (nSPS) is 10.4. The molecular weight excluding hydrogens is 486 g/mol. The van der Waals surface area contributed by atoms with Gasteiger partial charge in [0.05, 0.1) is 11.3 Å². The molecule has 0 aliphatic rings. The molecule has 12 heteroatoms. The highest BCUT2D eigenvalue weighted by molar-refractivity contribution is 6.30. The third-order valence-corrected chi connectivity index (χ3v) is 5.12. The van der Waals surface area contributed by atoms with Gasteiger partial charge in [-0.15, -0.1) is 0 Å². The maximum Gasteiger partial charge on any atom is 0.269 e. The molecule has 11 nitrogen and oxygen atoms in total. The number of nitro benzene ring substituents is 1. The smallest absolute Gasteiger partial charge is 0.269 e. The summed E-state index contributed by atoms with van der Waals surface area (Å²) in [5.74, 6) is 1.23. The first-order valence-electron chi connectivity index (χ1n) is 11.2. The summed E-state index contributed by atoms with van der Waals surface area (Å²) in [7, 11) is 0. The van der Waals surface area contributed by atoms with Crippen LogP contribution in [-0.4, -0.2) is 52.9 Å². The van der Waals surface area contributed by atoms with Crippen molar-refractivity contribution in [2.24, 2.45) is 0 Å². The molecule has 36 heavy (non-hydrogen) atoms. The second-order valence-electron chi connectivity index (χ2n) is 7.76. The van der Waals surface area contributed by atoms with Crippen molar-refractivity contribution in [1.29, 1.82) is 0 Å². The molecule has 2 amide bonds. The topological polar surface area (TPSA) is 151 Å². The van der Waals surface area contributed by atoms with E-state index >= 15 is 0 Å². The molecule has 1 aromatic heterocycles. The fraction of sp³-hybridized carbons (Fsp3) is 0.250. The molecule has 3 aromatic rings. The third-order valence-electron chi connectivity index (χ3n) is 4.87. The van der Waals surface area contributed by atoms with Crippen LogP contribution >= 0.6 is 11.6 Å². The van der Waals surface area contributed by atoms with Crippen LogP contribution in [0.4, 0.5) is 17.3 Å². The lowest BCUT2D eigenvalue weighted by Gasteiger charge is -2.12. The molecule has 188 valence electrons. The molecule has 0 atom stereocenters. The summed E-state index contributed by atoms with van der Waals surface area (Å²) in [6, 6.07) is 14.9. The second kappa shape index (κ2) is 13.0. The number of hydrogen-bond acceptors (Lipinski definition) is 8. The predicted molar refractivity (Wildman–Crippen MR) is 138 cm³/mol. The van der Waals surface area contributed by atoms with E-state index in [2.05, 4.69) is 31.2 Å². The highest BCUT2D eigenvalue weighted by atomic mass is 35.5. The maximum absolute atomic E-state index is 12.2. The zero-order valence-corrected chi connectivity index (χ0v) is 20.3. The monoisotopic (exact) mass is 511 g/mol. The second-order valence-corrected chi connectivity index (χ2v) is 8.20. The van der Waals surface area contributed by atoms with Crippen LogP contribution in [0.15, 0.2) is 54.6 Å². The van der Waals surface area contributed by atoms with E-state index in [9.17, 15) is 19.7 Å². The summed E-state index contributed by atoms with van der Waals surface area (Å²) >= 11 is 5.99. The molecule has 1 heterocycles. The molecule has 0 saturated carbocycles. The standard InChI is InChI=1S/C24H26ClN7O4/c1-16(33)26-9-10-27-21-15-22(31-24(30-21)18-5-7-19(25)8-6-18)28-11-12-29-23(34)14-17-3-2-4-20(13-17)32(35)36/h2-8,13,15H,9-12,14H2,1H3,(H,26,33)(H,29,34)(H2,27,28,30,31). The largest absolute Gasteiger partial charge is 0.368 e. The van der Waals surface area contributed by atoms with Crippen LogP contribution in [0.1, 0.15) is 12.5 Å². The number of benzene rings is 2. The van der Waals surface area contributed by atoms with Crippen molar-refractivity contribution >= 4 is 40.7 Å². The van der Waals surface area contributed by atoms with Gasteiger partial charge in [-0.1, -0.05) is 23.7 Å². The van der Waals surface area contributed by atoms with Crippen LogP contribution in [0.3, 0.4) is 0 Å². The molecule has 0 aliphatic heterocycles. The lowest BCUT2D eigenvalue weighted by molar-refractivity contribution is -0.384. The Labute approximate surface area is 212 Å². The molecule has 0 spiro atoms. The van der Waals surface area contributed by atoms with Crippen molar-refractivity contribution in [2.45, 2.75) is 13.3 Å². The highest BCUT2D eigenvalue weighted by Gasteiger charge is 2.10. The first-order valence-corrected chi connectivity index (χ1v) is 11.5. The van der Waals surface area contributed by atoms with Crippen LogP contribution in [0, 0.1) is 10.1 Å². The molecule has 0 radical (unpaired) electrons. The molecule has 0 bridgehead atoms. The molecular formula is C24H26ClN7O4. The van der Waals surface area contributed by atoms with Gasteiger partial charge in [0.2, 0.25) is 11.8 Å². The van der Waals surface area contributed by atoms with Gasteiger partial charge in [0, 0.05) is 61.9 Å². The number of aromatic nitrogens is 2. The molecule has 0 unspecified atom stereocenters. The van der Waals surface area contributed by atoms with Crippen molar-refractivity contribution in [3.63, 3.8) is 0 Å². The summed E-state index contributed by atoms with van der Waals surface area (Å²) < 4.78 is 0. The van der Waals surface area contributed by atoms with E-state index in [1.54, 1.807) is 30.3 Å². The van der Waals surface area contributed by atoms with Crippen molar-refractivity contribution < 1.29 is 14.5 Å². The fourth-order valence-corrected chi connectivity index (χ4v) is 3.33. The Morgan fingerprint density at radius 2 is 1.56 bits per heavy atom. The lowest BCUT2D eigenvalue weighted by atomic mass is 10.1. The van der Waals surface area contributed by atoms with Gasteiger partial charge >= 0.3 is 0 Å². The van der Waals surface area contributed by atoms with E-state index in [4.69, 9.17) is 11.6 Å². The Hall–Kier alpha value is -4.25. The zero-order valence-electron chi connectivity index (χ0n) is 19.6. The van der Waals surface area contributed by atoms with Crippen molar-refractivity contribution in [1.82, 2.24) is 20.6 Å². The van der Waals surface area contributed by atoms with Gasteiger partial charge in [-0.05, 0) is 29.8 Å². The van der Waals surface area contributed by atoms with Crippen molar-refractivity contribution in [3.05, 3.63) is 75.3 Å². The number of hydrogen-bond donors (Lipinski definition) is 4. The maximum atomic E-state index is 12.2. The molecule has 3 rings (SSSR count). The first-order chi connectivity index (χ1) is 17.3. The van der Waals surface area contributed by atoms with Gasteiger partial charge in [0.15, 0.2) is 5.82 Å². The summed E-state index contributed by atoms with van der Waals surface area (Å²) in [6.07, 6.45) is 0.0399. The number of carbonyl (C=O) groups excluding carboxylic acids is 2. The summed E-state index contributed by atoms with van der Waals surface area (Å²) in [6.45, 7) is 3.08. The molecule has 2 aromatic carbocycles. The van der Waals surface area contributed by atoms with Gasteiger partial charge in [-0.2, -0.15) is 0 Å².